The summed E-state index contributed by atoms with van der Waals surface area (Å²) in [7, 11) is -3.24. The molecule has 0 saturated carbocycles. The molecule has 100 valence electrons. The van der Waals surface area contributed by atoms with Crippen LogP contribution in [-0.2, 0) is 10.0 Å². The first-order valence-electron chi connectivity index (χ1n) is 5.01. The average molecular weight is 309 g/mol. The first kappa shape index (κ1) is 15.3. The van der Waals surface area contributed by atoms with Crippen molar-refractivity contribution in [1.29, 1.82) is 0 Å². The van der Waals surface area contributed by atoms with Crippen molar-refractivity contribution in [3.05, 3.63) is 28.8 Å². The summed E-state index contributed by atoms with van der Waals surface area (Å²) in [5.41, 5.74) is 0.309. The summed E-state index contributed by atoms with van der Waals surface area (Å²) in [4.78, 5) is 12.4. The number of hydrogen-bond donors (Lipinski definition) is 3. The molecule has 8 heteroatoms. The van der Waals surface area contributed by atoms with Crippen molar-refractivity contribution in [1.82, 2.24) is 10.0 Å². The van der Waals surface area contributed by atoms with E-state index in [1.54, 1.807) is 18.2 Å². The SMILES string of the molecule is CS(=O)(=O)NCCNC(=O)c1cc(S)ccc1Cl. The van der Waals surface area contributed by atoms with Gasteiger partial charge in [-0.25, -0.2) is 13.1 Å². The van der Waals surface area contributed by atoms with Gasteiger partial charge in [0.15, 0.2) is 0 Å². The van der Waals surface area contributed by atoms with Gasteiger partial charge in [0.1, 0.15) is 0 Å². The molecule has 1 aromatic rings. The zero-order valence-corrected chi connectivity index (χ0v) is 12.1. The van der Waals surface area contributed by atoms with Crippen molar-refractivity contribution >= 4 is 40.2 Å². The Kier molecular flexibility index (Phi) is 5.46. The zero-order chi connectivity index (χ0) is 13.8. The highest BCUT2D eigenvalue weighted by Crippen LogP contribution is 2.19. The Morgan fingerprint density at radius 1 is 1.39 bits per heavy atom. The summed E-state index contributed by atoms with van der Waals surface area (Å²) in [6, 6.07) is 4.80. The minimum absolute atomic E-state index is 0.128. The number of sulfonamides is 1. The van der Waals surface area contributed by atoms with E-state index in [0.29, 0.717) is 15.5 Å². The number of hydrogen-bond acceptors (Lipinski definition) is 4. The molecule has 0 aliphatic rings. The van der Waals surface area contributed by atoms with Crippen LogP contribution in [0.25, 0.3) is 0 Å². The Balaban J connectivity index is 2.53. The Morgan fingerprint density at radius 3 is 2.67 bits per heavy atom. The number of rotatable bonds is 5. The topological polar surface area (TPSA) is 75.3 Å². The third kappa shape index (κ3) is 5.26. The average Bonchev–Trinajstić information content (AvgIpc) is 2.26. The number of carbonyl (C=O) groups excluding carboxylic acids is 1. The van der Waals surface area contributed by atoms with E-state index in [2.05, 4.69) is 22.7 Å². The third-order valence-corrected chi connectivity index (χ3v) is 3.31. The summed E-state index contributed by atoms with van der Waals surface area (Å²) in [5.74, 6) is -0.369. The van der Waals surface area contributed by atoms with Crippen molar-refractivity contribution in [2.45, 2.75) is 4.90 Å². The predicted molar refractivity (Wildman–Crippen MR) is 73.9 cm³/mol. The van der Waals surface area contributed by atoms with E-state index in [4.69, 9.17) is 11.6 Å². The van der Waals surface area contributed by atoms with Gasteiger partial charge in [-0.3, -0.25) is 4.79 Å². The smallest absolute Gasteiger partial charge is 0.252 e. The molecule has 0 aliphatic heterocycles. The molecule has 0 heterocycles. The van der Waals surface area contributed by atoms with Crippen LogP contribution in [0.4, 0.5) is 0 Å². The van der Waals surface area contributed by atoms with Gasteiger partial charge >= 0.3 is 0 Å². The molecule has 0 bridgehead atoms. The molecule has 0 unspecified atom stereocenters. The van der Waals surface area contributed by atoms with Crippen LogP contribution in [0.3, 0.4) is 0 Å². The molecule has 0 saturated heterocycles. The van der Waals surface area contributed by atoms with Crippen LogP contribution in [0.15, 0.2) is 23.1 Å². The fourth-order valence-corrected chi connectivity index (χ4v) is 2.07. The predicted octanol–water partition coefficient (Wildman–Crippen LogP) is 0.908. The van der Waals surface area contributed by atoms with Gasteiger partial charge in [-0.15, -0.1) is 12.6 Å². The van der Waals surface area contributed by atoms with Crippen molar-refractivity contribution < 1.29 is 13.2 Å². The minimum atomic E-state index is -3.24. The molecular formula is C10H13ClN2O3S2. The second-order valence-electron chi connectivity index (χ2n) is 3.59. The van der Waals surface area contributed by atoms with Crippen LogP contribution in [0.5, 0.6) is 0 Å². The molecule has 0 radical (unpaired) electrons. The molecule has 5 nitrogen and oxygen atoms in total. The van der Waals surface area contributed by atoms with E-state index in [1.165, 1.54) is 0 Å². The molecule has 1 rings (SSSR count). The van der Waals surface area contributed by atoms with Crippen molar-refractivity contribution in [3.8, 4) is 0 Å². The van der Waals surface area contributed by atoms with Crippen LogP contribution in [0, 0.1) is 0 Å². The Bertz CT molecular complexity index is 546. The van der Waals surface area contributed by atoms with E-state index >= 15 is 0 Å². The Hall–Kier alpha value is -0.760. The van der Waals surface area contributed by atoms with Gasteiger partial charge in [0, 0.05) is 18.0 Å². The summed E-state index contributed by atoms with van der Waals surface area (Å²) in [5, 5.41) is 2.88. The summed E-state index contributed by atoms with van der Waals surface area (Å²) >= 11 is 9.98. The largest absolute Gasteiger partial charge is 0.351 e. The number of carbonyl (C=O) groups is 1. The van der Waals surface area contributed by atoms with Gasteiger partial charge in [0.2, 0.25) is 10.0 Å². The fraction of sp³-hybridized carbons (Fsp3) is 0.300. The van der Waals surface area contributed by atoms with Crippen molar-refractivity contribution in [3.63, 3.8) is 0 Å². The quantitative estimate of drug-likeness (QED) is 0.559. The molecule has 0 aliphatic carbocycles. The summed E-state index contributed by atoms with van der Waals surface area (Å²) in [6.07, 6.45) is 1.05. The van der Waals surface area contributed by atoms with Gasteiger partial charge in [-0.05, 0) is 18.2 Å². The van der Waals surface area contributed by atoms with Crippen LogP contribution in [-0.4, -0.2) is 33.7 Å². The molecule has 18 heavy (non-hydrogen) atoms. The van der Waals surface area contributed by atoms with Crippen molar-refractivity contribution in [2.75, 3.05) is 19.3 Å². The monoisotopic (exact) mass is 308 g/mol. The van der Waals surface area contributed by atoms with Crippen LogP contribution >= 0.6 is 24.2 Å². The fourth-order valence-electron chi connectivity index (χ4n) is 1.19. The first-order chi connectivity index (χ1) is 8.29. The number of nitrogens with one attached hydrogen (secondary N) is 2. The third-order valence-electron chi connectivity index (χ3n) is 1.97. The summed E-state index contributed by atoms with van der Waals surface area (Å²) in [6.45, 7) is 0.307. The molecule has 1 amide bonds. The maximum atomic E-state index is 11.7. The standard InChI is InChI=1S/C10H13ClN2O3S2/c1-18(15,16)13-5-4-12-10(14)8-6-7(17)2-3-9(8)11/h2-3,6,13,17H,4-5H2,1H3,(H,12,14). The first-order valence-corrected chi connectivity index (χ1v) is 7.72. The lowest BCUT2D eigenvalue weighted by atomic mass is 10.2. The zero-order valence-electron chi connectivity index (χ0n) is 9.60. The highest BCUT2D eigenvalue weighted by molar-refractivity contribution is 7.88. The van der Waals surface area contributed by atoms with E-state index in [1.807, 2.05) is 0 Å². The minimum Gasteiger partial charge on any atom is -0.351 e. The van der Waals surface area contributed by atoms with Gasteiger partial charge in [0.05, 0.1) is 16.8 Å². The lowest BCUT2D eigenvalue weighted by Crippen LogP contribution is -2.34. The maximum Gasteiger partial charge on any atom is 0.252 e. The molecule has 1 aromatic carbocycles. The normalized spacial score (nSPS) is 11.3. The van der Waals surface area contributed by atoms with Gasteiger partial charge in [-0.1, -0.05) is 11.6 Å². The molecule has 0 spiro atoms. The molecular weight excluding hydrogens is 296 g/mol. The second kappa shape index (κ2) is 6.42. The molecule has 0 fully saturated rings. The van der Waals surface area contributed by atoms with Crippen LogP contribution in [0.1, 0.15) is 10.4 Å². The number of halogens is 1. The van der Waals surface area contributed by atoms with Gasteiger partial charge in [-0.2, -0.15) is 0 Å². The van der Waals surface area contributed by atoms with Gasteiger partial charge in [0.25, 0.3) is 5.91 Å². The van der Waals surface area contributed by atoms with E-state index in [0.717, 1.165) is 6.26 Å². The molecule has 2 N–H and O–H groups in total. The summed E-state index contributed by atoms with van der Waals surface area (Å²) < 4.78 is 23.8. The van der Waals surface area contributed by atoms with E-state index < -0.39 is 10.0 Å². The lowest BCUT2D eigenvalue weighted by molar-refractivity contribution is 0.0954. The maximum absolute atomic E-state index is 11.7. The highest BCUT2D eigenvalue weighted by atomic mass is 35.5. The Morgan fingerprint density at radius 2 is 2.06 bits per heavy atom. The van der Waals surface area contributed by atoms with Crippen LogP contribution < -0.4 is 10.0 Å². The number of thiol groups is 1. The van der Waals surface area contributed by atoms with Gasteiger partial charge < -0.3 is 5.32 Å². The molecule has 0 aromatic heterocycles. The second-order valence-corrected chi connectivity index (χ2v) is 6.34. The van der Waals surface area contributed by atoms with Crippen molar-refractivity contribution in [2.24, 2.45) is 0 Å². The number of benzene rings is 1. The number of amides is 1. The lowest BCUT2D eigenvalue weighted by Gasteiger charge is -2.07. The van der Waals surface area contributed by atoms with Crippen LogP contribution in [0.2, 0.25) is 5.02 Å². The highest BCUT2D eigenvalue weighted by Gasteiger charge is 2.10. The molecule has 0 atom stereocenters. The van der Waals surface area contributed by atoms with E-state index in [-0.39, 0.29) is 19.0 Å². The van der Waals surface area contributed by atoms with E-state index in [9.17, 15) is 13.2 Å². The Labute approximate surface area is 116 Å².